The quantitative estimate of drug-likeness (QED) is 0.621. The van der Waals surface area contributed by atoms with Gasteiger partial charge in [0.25, 0.3) is 5.69 Å². The normalized spacial score (nSPS) is 11.1. The molecule has 80 valence electrons. The molecule has 4 nitrogen and oxygen atoms in total. The van der Waals surface area contributed by atoms with E-state index in [9.17, 15) is 0 Å². The molecule has 0 aliphatic carbocycles. The van der Waals surface area contributed by atoms with Crippen LogP contribution in [0, 0.1) is 0 Å². The van der Waals surface area contributed by atoms with Crippen LogP contribution in [-0.2, 0) is 7.05 Å². The van der Waals surface area contributed by atoms with Crippen LogP contribution < -0.4 is 4.68 Å². The summed E-state index contributed by atoms with van der Waals surface area (Å²) in [6, 6.07) is 7.90. The van der Waals surface area contributed by atoms with E-state index in [0.29, 0.717) is 5.02 Å². The molecule has 0 radical (unpaired) electrons. The summed E-state index contributed by atoms with van der Waals surface area (Å²) in [5, 5.41) is 3.66. The largest absolute Gasteiger partial charge is 0.333 e. The summed E-state index contributed by atoms with van der Waals surface area (Å²) >= 11 is 6.10. The first kappa shape index (κ1) is 9.42. The molecule has 16 heavy (non-hydrogen) atoms. The van der Waals surface area contributed by atoms with Gasteiger partial charge in [0.05, 0.1) is 17.2 Å². The summed E-state index contributed by atoms with van der Waals surface area (Å²) in [6.45, 7) is 0. The number of fused-ring (bicyclic) bond motifs is 1. The molecule has 3 aromatic rings. The fourth-order valence-corrected chi connectivity index (χ4v) is 2.05. The Morgan fingerprint density at radius 2 is 2.12 bits per heavy atom. The van der Waals surface area contributed by atoms with Gasteiger partial charge in [-0.2, -0.15) is 5.10 Å². The smallest absolute Gasteiger partial charge is 0.291 e. The number of aromatic nitrogens is 4. The van der Waals surface area contributed by atoms with Crippen LogP contribution in [0.4, 0.5) is 0 Å². The van der Waals surface area contributed by atoms with Crippen molar-refractivity contribution < 1.29 is 4.68 Å². The van der Waals surface area contributed by atoms with Gasteiger partial charge in [-0.3, -0.25) is 0 Å². The minimum Gasteiger partial charge on any atom is -0.333 e. The Morgan fingerprint density at radius 3 is 2.81 bits per heavy atom. The second-order valence-electron chi connectivity index (χ2n) is 3.63. The van der Waals surface area contributed by atoms with Gasteiger partial charge in [0.2, 0.25) is 5.82 Å². The standard InChI is InChI=1S/C11H9ClN4/c1-16-10(7(12)6-13-16)11-14-8-4-2-3-5-9(8)15-11/h2-6H,1H3,(H,13,14,15)/p+1. The van der Waals surface area contributed by atoms with E-state index in [4.69, 9.17) is 11.6 Å². The van der Waals surface area contributed by atoms with Crippen molar-refractivity contribution in [2.75, 3.05) is 0 Å². The van der Waals surface area contributed by atoms with E-state index >= 15 is 0 Å². The number of aryl methyl sites for hydroxylation is 1. The van der Waals surface area contributed by atoms with Gasteiger partial charge in [-0.15, -0.1) is 4.68 Å². The van der Waals surface area contributed by atoms with Crippen molar-refractivity contribution >= 4 is 22.6 Å². The Kier molecular flexibility index (Phi) is 1.97. The number of benzene rings is 1. The number of imidazole rings is 1. The number of rotatable bonds is 1. The van der Waals surface area contributed by atoms with Gasteiger partial charge in [0, 0.05) is 0 Å². The van der Waals surface area contributed by atoms with Crippen molar-refractivity contribution in [3.63, 3.8) is 0 Å². The maximum absolute atomic E-state index is 6.10. The van der Waals surface area contributed by atoms with Crippen molar-refractivity contribution in [2.24, 2.45) is 7.05 Å². The minimum absolute atomic E-state index is 0.654. The lowest BCUT2D eigenvalue weighted by atomic mass is 10.3. The average Bonchev–Trinajstić information content (AvgIpc) is 2.82. The zero-order chi connectivity index (χ0) is 11.1. The number of hydrogen-bond acceptors (Lipinski definition) is 1. The molecule has 0 amide bonds. The summed E-state index contributed by atoms with van der Waals surface area (Å²) < 4.78 is 1.83. The van der Waals surface area contributed by atoms with E-state index in [2.05, 4.69) is 15.1 Å². The lowest BCUT2D eigenvalue weighted by molar-refractivity contribution is -0.716. The molecule has 0 fully saturated rings. The molecule has 5 heteroatoms. The molecule has 0 saturated carbocycles. The van der Waals surface area contributed by atoms with Crippen molar-refractivity contribution in [1.82, 2.24) is 15.1 Å². The third-order valence-corrected chi connectivity index (χ3v) is 2.85. The molecule has 0 atom stereocenters. The predicted molar refractivity (Wildman–Crippen MR) is 62.1 cm³/mol. The van der Waals surface area contributed by atoms with E-state index in [1.54, 1.807) is 6.20 Å². The topological polar surface area (TPSA) is 48.4 Å². The number of halogens is 1. The second-order valence-corrected chi connectivity index (χ2v) is 4.04. The molecule has 0 aliphatic heterocycles. The Labute approximate surface area is 96.9 Å². The highest BCUT2D eigenvalue weighted by Gasteiger charge is 2.20. The molecule has 1 aromatic carbocycles. The van der Waals surface area contributed by atoms with Crippen molar-refractivity contribution in [1.29, 1.82) is 0 Å². The SMILES string of the molecule is C[n+]1[nH]cc(Cl)c1-c1nc2ccccc2[nH]1. The fraction of sp³-hybridized carbons (Fsp3) is 0.0909. The minimum atomic E-state index is 0.654. The summed E-state index contributed by atoms with van der Waals surface area (Å²) in [5.41, 5.74) is 2.81. The molecule has 0 aliphatic rings. The number of H-pyrrole nitrogens is 2. The van der Waals surface area contributed by atoms with Crippen LogP contribution in [0.5, 0.6) is 0 Å². The fourth-order valence-electron chi connectivity index (χ4n) is 1.78. The zero-order valence-corrected chi connectivity index (χ0v) is 9.42. The maximum Gasteiger partial charge on any atom is 0.291 e. The Morgan fingerprint density at radius 1 is 1.31 bits per heavy atom. The van der Waals surface area contributed by atoms with E-state index in [-0.39, 0.29) is 0 Å². The highest BCUT2D eigenvalue weighted by molar-refractivity contribution is 6.32. The van der Waals surface area contributed by atoms with E-state index in [0.717, 1.165) is 22.6 Å². The lowest BCUT2D eigenvalue weighted by Crippen LogP contribution is -2.32. The van der Waals surface area contributed by atoms with Crippen LogP contribution in [0.3, 0.4) is 0 Å². The van der Waals surface area contributed by atoms with Gasteiger partial charge >= 0.3 is 0 Å². The van der Waals surface area contributed by atoms with Crippen LogP contribution in [0.15, 0.2) is 30.5 Å². The van der Waals surface area contributed by atoms with Crippen LogP contribution in [0.2, 0.25) is 5.02 Å². The molecule has 3 rings (SSSR count). The Hall–Kier alpha value is -1.81. The first-order chi connectivity index (χ1) is 7.75. The zero-order valence-electron chi connectivity index (χ0n) is 8.66. The first-order valence-electron chi connectivity index (χ1n) is 4.94. The second kappa shape index (κ2) is 3.35. The molecule has 2 heterocycles. The first-order valence-corrected chi connectivity index (χ1v) is 5.31. The average molecular weight is 234 g/mol. The van der Waals surface area contributed by atoms with E-state index in [1.165, 1.54) is 0 Å². The predicted octanol–water partition coefficient (Wildman–Crippen LogP) is 2.04. The molecular weight excluding hydrogens is 224 g/mol. The van der Waals surface area contributed by atoms with Gasteiger partial charge in [-0.05, 0) is 12.1 Å². The van der Waals surface area contributed by atoms with Crippen LogP contribution >= 0.6 is 11.6 Å². The summed E-state index contributed by atoms with van der Waals surface area (Å²) in [6.07, 6.45) is 1.74. The molecule has 2 N–H and O–H groups in total. The Balaban J connectivity index is 2.27. The number of hydrogen-bond donors (Lipinski definition) is 2. The molecule has 0 bridgehead atoms. The van der Waals surface area contributed by atoms with Gasteiger partial charge < -0.3 is 4.98 Å². The molecule has 0 unspecified atom stereocenters. The van der Waals surface area contributed by atoms with Crippen LogP contribution in [0.1, 0.15) is 0 Å². The third-order valence-electron chi connectivity index (χ3n) is 2.56. The van der Waals surface area contributed by atoms with Crippen LogP contribution in [0.25, 0.3) is 22.6 Å². The third kappa shape index (κ3) is 1.31. The summed E-state index contributed by atoms with van der Waals surface area (Å²) in [7, 11) is 1.90. The van der Waals surface area contributed by atoms with Gasteiger partial charge in [-0.25, -0.2) is 4.98 Å². The van der Waals surface area contributed by atoms with Gasteiger partial charge in [0.15, 0.2) is 7.05 Å². The summed E-state index contributed by atoms with van der Waals surface area (Å²) in [5.74, 6) is 0.773. The van der Waals surface area contributed by atoms with E-state index < -0.39 is 0 Å². The molecule has 0 spiro atoms. The molecular formula is C11H10ClN4+. The van der Waals surface area contributed by atoms with Crippen molar-refractivity contribution in [3.05, 3.63) is 35.5 Å². The maximum atomic E-state index is 6.10. The summed E-state index contributed by atoms with van der Waals surface area (Å²) in [4.78, 5) is 7.74. The number of nitrogens with zero attached hydrogens (tertiary/aromatic N) is 2. The molecule has 2 aromatic heterocycles. The highest BCUT2D eigenvalue weighted by Crippen LogP contribution is 2.23. The monoisotopic (exact) mass is 233 g/mol. The van der Waals surface area contributed by atoms with E-state index in [1.807, 2.05) is 36.0 Å². The number of aromatic amines is 2. The molecule has 0 saturated heterocycles. The number of nitrogens with one attached hydrogen (secondary N) is 2. The van der Waals surface area contributed by atoms with Gasteiger partial charge in [0.1, 0.15) is 5.02 Å². The van der Waals surface area contributed by atoms with Crippen molar-refractivity contribution in [3.8, 4) is 11.5 Å². The van der Waals surface area contributed by atoms with Crippen molar-refractivity contribution in [2.45, 2.75) is 0 Å². The number of para-hydroxylation sites is 2. The highest BCUT2D eigenvalue weighted by atomic mass is 35.5. The lowest BCUT2D eigenvalue weighted by Gasteiger charge is -1.87. The Bertz CT molecular complexity index is 600. The van der Waals surface area contributed by atoms with Gasteiger partial charge in [-0.1, -0.05) is 23.7 Å². The van der Waals surface area contributed by atoms with Crippen LogP contribution in [-0.4, -0.2) is 15.1 Å².